The number of nitriles is 1. The van der Waals surface area contributed by atoms with E-state index in [0.717, 1.165) is 12.8 Å². The van der Waals surface area contributed by atoms with Crippen LogP contribution in [0.15, 0.2) is 18.2 Å². The number of methoxy groups -OCH3 is 1. The Kier molecular flexibility index (Phi) is 3.87. The van der Waals surface area contributed by atoms with Crippen LogP contribution in [-0.2, 0) is 0 Å². The average molecular weight is 231 g/mol. The summed E-state index contributed by atoms with van der Waals surface area (Å²) < 4.78 is 11.2. The molecule has 0 bridgehead atoms. The summed E-state index contributed by atoms with van der Waals surface area (Å²) in [7, 11) is 1.62. The summed E-state index contributed by atoms with van der Waals surface area (Å²) in [4.78, 5) is 0. The maximum Gasteiger partial charge on any atom is 0.162 e. The van der Waals surface area contributed by atoms with Crippen LogP contribution in [0, 0.1) is 11.3 Å². The van der Waals surface area contributed by atoms with Gasteiger partial charge in [-0.15, -0.1) is 0 Å². The molecule has 1 fully saturated rings. The Labute approximate surface area is 102 Å². The van der Waals surface area contributed by atoms with E-state index in [-0.39, 0.29) is 6.10 Å². The second kappa shape index (κ2) is 5.58. The number of hydrogen-bond donors (Lipinski definition) is 0. The Balaban J connectivity index is 2.14. The zero-order valence-corrected chi connectivity index (χ0v) is 10.1. The Bertz CT molecular complexity index is 417. The molecule has 1 aliphatic carbocycles. The predicted octanol–water partition coefficient (Wildman–Crippen LogP) is 3.28. The minimum atomic E-state index is 0.270. The Morgan fingerprint density at radius 3 is 2.59 bits per heavy atom. The van der Waals surface area contributed by atoms with Gasteiger partial charge in [-0.25, -0.2) is 0 Å². The van der Waals surface area contributed by atoms with Crippen molar-refractivity contribution in [2.45, 2.75) is 38.2 Å². The second-order valence-corrected chi connectivity index (χ2v) is 4.36. The molecule has 2 rings (SSSR count). The molecule has 0 amide bonds. The van der Waals surface area contributed by atoms with Crippen molar-refractivity contribution in [3.63, 3.8) is 0 Å². The summed E-state index contributed by atoms with van der Waals surface area (Å²) >= 11 is 0. The van der Waals surface area contributed by atoms with Gasteiger partial charge in [-0.3, -0.25) is 0 Å². The number of benzene rings is 1. The van der Waals surface area contributed by atoms with E-state index in [0.29, 0.717) is 17.1 Å². The largest absolute Gasteiger partial charge is 0.493 e. The summed E-state index contributed by atoms with van der Waals surface area (Å²) in [5.74, 6) is 1.40. The lowest BCUT2D eigenvalue weighted by Crippen LogP contribution is -2.19. The van der Waals surface area contributed by atoms with Gasteiger partial charge in [0.05, 0.1) is 24.8 Å². The molecule has 0 spiro atoms. The van der Waals surface area contributed by atoms with E-state index in [2.05, 4.69) is 6.07 Å². The summed E-state index contributed by atoms with van der Waals surface area (Å²) in [5.41, 5.74) is 0.608. The van der Waals surface area contributed by atoms with Gasteiger partial charge in [-0.2, -0.15) is 5.26 Å². The molecule has 3 nitrogen and oxygen atoms in total. The van der Waals surface area contributed by atoms with Crippen LogP contribution in [0.5, 0.6) is 11.5 Å². The second-order valence-electron chi connectivity index (χ2n) is 4.36. The predicted molar refractivity (Wildman–Crippen MR) is 65.2 cm³/mol. The van der Waals surface area contributed by atoms with Crippen LogP contribution in [0.25, 0.3) is 0 Å². The molecular weight excluding hydrogens is 214 g/mol. The molecule has 0 N–H and O–H groups in total. The maximum atomic E-state index is 8.89. The molecule has 1 aromatic carbocycles. The van der Waals surface area contributed by atoms with Crippen molar-refractivity contribution in [1.29, 1.82) is 5.26 Å². The molecule has 0 aliphatic heterocycles. The fourth-order valence-electron chi connectivity index (χ4n) is 2.20. The minimum Gasteiger partial charge on any atom is -0.493 e. The van der Waals surface area contributed by atoms with E-state index in [1.54, 1.807) is 25.3 Å². The van der Waals surface area contributed by atoms with Gasteiger partial charge in [0.25, 0.3) is 0 Å². The highest BCUT2D eigenvalue weighted by Crippen LogP contribution is 2.31. The summed E-state index contributed by atoms with van der Waals surface area (Å²) in [6.45, 7) is 0. The number of rotatable bonds is 3. The van der Waals surface area contributed by atoms with E-state index < -0.39 is 0 Å². The van der Waals surface area contributed by atoms with Crippen molar-refractivity contribution in [3.8, 4) is 17.6 Å². The summed E-state index contributed by atoms with van der Waals surface area (Å²) in [5, 5.41) is 8.89. The molecule has 0 aromatic heterocycles. The molecule has 0 heterocycles. The molecule has 1 aromatic rings. The van der Waals surface area contributed by atoms with Crippen molar-refractivity contribution >= 4 is 0 Å². The van der Waals surface area contributed by atoms with E-state index in [4.69, 9.17) is 14.7 Å². The van der Waals surface area contributed by atoms with Crippen LogP contribution in [-0.4, -0.2) is 13.2 Å². The highest BCUT2D eigenvalue weighted by Gasteiger charge is 2.17. The third-order valence-corrected chi connectivity index (χ3v) is 3.14. The molecule has 1 saturated carbocycles. The molecule has 1 aliphatic rings. The lowest BCUT2D eigenvalue weighted by molar-refractivity contribution is 0.149. The van der Waals surface area contributed by atoms with Crippen molar-refractivity contribution in [3.05, 3.63) is 23.8 Å². The van der Waals surface area contributed by atoms with E-state index in [1.807, 2.05) is 0 Å². The number of ether oxygens (including phenoxy) is 2. The van der Waals surface area contributed by atoms with Gasteiger partial charge in [-0.1, -0.05) is 6.42 Å². The average Bonchev–Trinajstić information content (AvgIpc) is 2.40. The van der Waals surface area contributed by atoms with Gasteiger partial charge in [0.1, 0.15) is 0 Å². The summed E-state index contributed by atoms with van der Waals surface area (Å²) in [6.07, 6.45) is 6.22. The van der Waals surface area contributed by atoms with Crippen LogP contribution in [0.3, 0.4) is 0 Å². The molecule has 0 saturated heterocycles. The third kappa shape index (κ3) is 2.91. The van der Waals surface area contributed by atoms with Crippen LogP contribution in [0.2, 0.25) is 0 Å². The van der Waals surface area contributed by atoms with Crippen molar-refractivity contribution in [2.24, 2.45) is 0 Å². The molecule has 90 valence electrons. The Morgan fingerprint density at radius 2 is 1.94 bits per heavy atom. The summed E-state index contributed by atoms with van der Waals surface area (Å²) in [6, 6.07) is 7.41. The minimum absolute atomic E-state index is 0.270. The number of nitrogens with zero attached hydrogens (tertiary/aromatic N) is 1. The topological polar surface area (TPSA) is 42.2 Å². The first kappa shape index (κ1) is 11.8. The highest BCUT2D eigenvalue weighted by molar-refractivity contribution is 5.46. The van der Waals surface area contributed by atoms with Crippen molar-refractivity contribution in [2.75, 3.05) is 7.11 Å². The molecule has 0 unspecified atom stereocenters. The third-order valence-electron chi connectivity index (χ3n) is 3.14. The zero-order valence-electron chi connectivity index (χ0n) is 10.1. The van der Waals surface area contributed by atoms with E-state index in [1.165, 1.54) is 19.3 Å². The van der Waals surface area contributed by atoms with E-state index in [9.17, 15) is 0 Å². The maximum absolute atomic E-state index is 8.89. The smallest absolute Gasteiger partial charge is 0.162 e. The zero-order chi connectivity index (χ0) is 12.1. The van der Waals surface area contributed by atoms with Gasteiger partial charge >= 0.3 is 0 Å². The van der Waals surface area contributed by atoms with Crippen LogP contribution in [0.1, 0.15) is 37.7 Å². The van der Waals surface area contributed by atoms with Crippen molar-refractivity contribution in [1.82, 2.24) is 0 Å². The monoisotopic (exact) mass is 231 g/mol. The van der Waals surface area contributed by atoms with Gasteiger partial charge in [0.2, 0.25) is 0 Å². The van der Waals surface area contributed by atoms with Crippen LogP contribution >= 0.6 is 0 Å². The standard InChI is InChI=1S/C14H17NO2/c1-16-13-8-7-11(10-15)9-14(13)17-12-5-3-2-4-6-12/h7-9,12H,2-6H2,1H3. The lowest BCUT2D eigenvalue weighted by Gasteiger charge is -2.23. The molecule has 3 heteroatoms. The van der Waals surface area contributed by atoms with Gasteiger partial charge in [0.15, 0.2) is 11.5 Å². The quantitative estimate of drug-likeness (QED) is 0.801. The van der Waals surface area contributed by atoms with Gasteiger partial charge in [-0.05, 0) is 37.8 Å². The molecule has 0 radical (unpaired) electrons. The fraction of sp³-hybridized carbons (Fsp3) is 0.500. The van der Waals surface area contributed by atoms with Gasteiger partial charge < -0.3 is 9.47 Å². The first-order valence-corrected chi connectivity index (χ1v) is 6.08. The Morgan fingerprint density at radius 1 is 1.18 bits per heavy atom. The fourth-order valence-corrected chi connectivity index (χ4v) is 2.20. The highest BCUT2D eigenvalue weighted by atomic mass is 16.5. The van der Waals surface area contributed by atoms with E-state index >= 15 is 0 Å². The molecular formula is C14H17NO2. The lowest BCUT2D eigenvalue weighted by atomic mass is 9.98. The SMILES string of the molecule is COc1ccc(C#N)cc1OC1CCCCC1. The normalized spacial score (nSPS) is 16.2. The molecule has 17 heavy (non-hydrogen) atoms. The number of hydrogen-bond acceptors (Lipinski definition) is 3. The molecule has 0 atom stereocenters. The Hall–Kier alpha value is -1.69. The van der Waals surface area contributed by atoms with Gasteiger partial charge in [0, 0.05) is 6.07 Å². The van der Waals surface area contributed by atoms with Crippen LogP contribution < -0.4 is 9.47 Å². The first-order valence-electron chi connectivity index (χ1n) is 6.08. The van der Waals surface area contributed by atoms with Crippen molar-refractivity contribution < 1.29 is 9.47 Å². The van der Waals surface area contributed by atoms with Crippen LogP contribution in [0.4, 0.5) is 0 Å². The first-order chi connectivity index (χ1) is 8.33.